The third-order valence-electron chi connectivity index (χ3n) is 2.96. The normalized spacial score (nSPS) is 17.5. The van der Waals surface area contributed by atoms with Crippen molar-refractivity contribution >= 4 is 6.03 Å². The molecule has 1 radical (unpaired) electrons. The minimum absolute atomic E-state index is 0.102. The zero-order valence-corrected chi connectivity index (χ0v) is 9.76. The van der Waals surface area contributed by atoms with Crippen LogP contribution in [0.15, 0.2) is 12.4 Å². The van der Waals surface area contributed by atoms with Gasteiger partial charge in [0.1, 0.15) is 0 Å². The van der Waals surface area contributed by atoms with E-state index >= 15 is 0 Å². The molecule has 0 aliphatic carbocycles. The highest BCUT2D eigenvalue weighted by molar-refractivity contribution is 5.73. The lowest BCUT2D eigenvalue weighted by atomic mass is 10.1. The summed E-state index contributed by atoms with van der Waals surface area (Å²) in [6, 6.07) is 3.46. The van der Waals surface area contributed by atoms with Gasteiger partial charge in [-0.3, -0.25) is 4.68 Å². The summed E-state index contributed by atoms with van der Waals surface area (Å²) in [6.07, 6.45) is 5.48. The molecule has 0 unspecified atom stereocenters. The summed E-state index contributed by atoms with van der Waals surface area (Å²) in [7, 11) is 3.58. The molecule has 1 aromatic rings. The Bertz CT molecular complexity index is 339. The minimum atomic E-state index is 0.102. The Morgan fingerprint density at radius 1 is 1.44 bits per heavy atom. The van der Waals surface area contributed by atoms with Gasteiger partial charge in [0.15, 0.2) is 0 Å². The molecule has 2 heterocycles. The highest BCUT2D eigenvalue weighted by atomic mass is 16.2. The molecule has 0 bridgehead atoms. The van der Waals surface area contributed by atoms with E-state index in [1.165, 1.54) is 0 Å². The van der Waals surface area contributed by atoms with Crippen LogP contribution in [0.4, 0.5) is 4.79 Å². The smallest absolute Gasteiger partial charge is 0.319 e. The molecule has 2 rings (SSSR count). The third-order valence-corrected chi connectivity index (χ3v) is 2.96. The van der Waals surface area contributed by atoms with Crippen LogP contribution >= 0.6 is 0 Å². The first kappa shape index (κ1) is 11.0. The number of urea groups is 1. The fourth-order valence-corrected chi connectivity index (χ4v) is 2.05. The molecule has 1 aromatic heterocycles. The van der Waals surface area contributed by atoms with Gasteiger partial charge >= 0.3 is 6.03 Å². The second-order valence-electron chi connectivity index (χ2n) is 4.32. The van der Waals surface area contributed by atoms with Crippen molar-refractivity contribution in [3.63, 3.8) is 0 Å². The molecule has 1 aliphatic heterocycles. The summed E-state index contributed by atoms with van der Waals surface area (Å²) >= 11 is 0. The summed E-state index contributed by atoms with van der Waals surface area (Å²) in [6.45, 7) is 1.61. The number of aromatic nitrogens is 2. The molecule has 5 nitrogen and oxygen atoms in total. The number of hydrogen-bond acceptors (Lipinski definition) is 2. The minimum Gasteiger partial charge on any atom is -0.331 e. The summed E-state index contributed by atoms with van der Waals surface area (Å²) < 4.78 is 1.94. The molecule has 1 fully saturated rings. The van der Waals surface area contributed by atoms with Crippen LogP contribution in [-0.2, 0) is 0 Å². The third kappa shape index (κ3) is 2.18. The number of amides is 2. The van der Waals surface area contributed by atoms with Gasteiger partial charge in [0.05, 0.1) is 12.2 Å². The second-order valence-corrected chi connectivity index (χ2v) is 4.32. The predicted molar refractivity (Wildman–Crippen MR) is 60.0 cm³/mol. The zero-order chi connectivity index (χ0) is 11.5. The lowest BCUT2D eigenvalue weighted by Gasteiger charge is -2.33. The number of carbonyl (C=O) groups is 1. The van der Waals surface area contributed by atoms with Gasteiger partial charge in [-0.1, -0.05) is 0 Å². The van der Waals surface area contributed by atoms with Crippen LogP contribution in [0.3, 0.4) is 0 Å². The molecule has 87 valence electrons. The van der Waals surface area contributed by atoms with E-state index in [-0.39, 0.29) is 6.03 Å². The van der Waals surface area contributed by atoms with E-state index in [2.05, 4.69) is 11.2 Å². The molecule has 0 spiro atoms. The van der Waals surface area contributed by atoms with E-state index in [1.807, 2.05) is 15.8 Å². The number of rotatable bonds is 1. The van der Waals surface area contributed by atoms with Crippen LogP contribution in [-0.4, -0.2) is 52.8 Å². The van der Waals surface area contributed by atoms with Crippen LogP contribution in [0.25, 0.3) is 0 Å². The SMILES string of the molecule is CN(C)C(=O)N1CCC(n2c[c]cn2)CC1. The average Bonchev–Trinajstić information content (AvgIpc) is 2.81. The maximum absolute atomic E-state index is 11.7. The standard InChI is InChI=1S/C11H17N4O/c1-13(2)11(16)14-8-4-10(5-9-14)15-7-3-6-12-15/h6-7,10H,4-5,8-9H2,1-2H3. The number of likely N-dealkylation sites (tertiary alicyclic amines) is 1. The maximum Gasteiger partial charge on any atom is 0.319 e. The Hall–Kier alpha value is -1.52. The molecule has 1 saturated heterocycles. The summed E-state index contributed by atoms with van der Waals surface area (Å²) in [4.78, 5) is 15.2. The zero-order valence-electron chi connectivity index (χ0n) is 9.76. The number of hydrogen-bond donors (Lipinski definition) is 0. The van der Waals surface area contributed by atoms with E-state index in [4.69, 9.17) is 0 Å². The fraction of sp³-hybridized carbons (Fsp3) is 0.636. The van der Waals surface area contributed by atoms with Crippen molar-refractivity contribution in [3.05, 3.63) is 18.5 Å². The molecule has 16 heavy (non-hydrogen) atoms. The summed E-state index contributed by atoms with van der Waals surface area (Å²) in [5.74, 6) is 0. The van der Waals surface area contributed by atoms with Gasteiger partial charge in [0.2, 0.25) is 0 Å². The van der Waals surface area contributed by atoms with Gasteiger partial charge < -0.3 is 9.80 Å². The Balaban J connectivity index is 1.90. The van der Waals surface area contributed by atoms with Crippen LogP contribution in [0, 0.1) is 6.07 Å². The molecule has 0 N–H and O–H groups in total. The van der Waals surface area contributed by atoms with Gasteiger partial charge in [-0.05, 0) is 12.8 Å². The number of nitrogens with zero attached hydrogens (tertiary/aromatic N) is 4. The van der Waals surface area contributed by atoms with Gasteiger partial charge in [-0.15, -0.1) is 0 Å². The Morgan fingerprint density at radius 2 is 2.12 bits per heavy atom. The Labute approximate surface area is 95.6 Å². The summed E-state index contributed by atoms with van der Waals surface area (Å²) in [5.41, 5.74) is 0. The topological polar surface area (TPSA) is 41.4 Å². The highest BCUT2D eigenvalue weighted by Crippen LogP contribution is 2.21. The average molecular weight is 221 g/mol. The van der Waals surface area contributed by atoms with E-state index in [0.717, 1.165) is 25.9 Å². The van der Waals surface area contributed by atoms with Crippen molar-refractivity contribution in [3.8, 4) is 0 Å². The van der Waals surface area contributed by atoms with Gasteiger partial charge in [0, 0.05) is 39.4 Å². The highest BCUT2D eigenvalue weighted by Gasteiger charge is 2.24. The van der Waals surface area contributed by atoms with Crippen LogP contribution in [0.2, 0.25) is 0 Å². The monoisotopic (exact) mass is 221 g/mol. The molecule has 2 amide bonds. The fourth-order valence-electron chi connectivity index (χ4n) is 2.05. The van der Waals surface area contributed by atoms with Crippen molar-refractivity contribution in [2.45, 2.75) is 18.9 Å². The molecule has 0 atom stereocenters. The van der Waals surface area contributed by atoms with Crippen molar-refractivity contribution in [1.29, 1.82) is 0 Å². The molecule has 0 aromatic carbocycles. The molecule has 1 aliphatic rings. The largest absolute Gasteiger partial charge is 0.331 e. The first-order chi connectivity index (χ1) is 7.68. The number of carbonyl (C=O) groups excluding carboxylic acids is 1. The lowest BCUT2D eigenvalue weighted by molar-refractivity contribution is 0.146. The van der Waals surface area contributed by atoms with Crippen molar-refractivity contribution in [2.24, 2.45) is 0 Å². The second kappa shape index (κ2) is 4.55. The molecule has 0 saturated carbocycles. The van der Waals surface area contributed by atoms with Gasteiger partial charge in [0.25, 0.3) is 0 Å². The Kier molecular flexibility index (Phi) is 3.12. The van der Waals surface area contributed by atoms with E-state index in [0.29, 0.717) is 6.04 Å². The Morgan fingerprint density at radius 3 is 2.62 bits per heavy atom. The predicted octanol–water partition coefficient (Wildman–Crippen LogP) is 1.00. The van der Waals surface area contributed by atoms with Crippen molar-refractivity contribution in [2.75, 3.05) is 27.2 Å². The van der Waals surface area contributed by atoms with E-state index in [9.17, 15) is 4.79 Å². The number of piperidine rings is 1. The first-order valence-corrected chi connectivity index (χ1v) is 5.55. The van der Waals surface area contributed by atoms with Crippen molar-refractivity contribution < 1.29 is 4.79 Å². The van der Waals surface area contributed by atoms with E-state index in [1.54, 1.807) is 25.2 Å². The van der Waals surface area contributed by atoms with Crippen molar-refractivity contribution in [1.82, 2.24) is 19.6 Å². The first-order valence-electron chi connectivity index (χ1n) is 5.55. The summed E-state index contributed by atoms with van der Waals surface area (Å²) in [5, 5.41) is 4.19. The van der Waals surface area contributed by atoms with Gasteiger partial charge in [-0.2, -0.15) is 5.10 Å². The molecule has 5 heteroatoms. The lowest BCUT2D eigenvalue weighted by Crippen LogP contribution is -2.44. The van der Waals surface area contributed by atoms with Gasteiger partial charge in [-0.25, -0.2) is 4.79 Å². The maximum atomic E-state index is 11.7. The van der Waals surface area contributed by atoms with Crippen LogP contribution < -0.4 is 0 Å². The quantitative estimate of drug-likeness (QED) is 0.710. The molecular weight excluding hydrogens is 204 g/mol. The van der Waals surface area contributed by atoms with E-state index < -0.39 is 0 Å². The van der Waals surface area contributed by atoms with Crippen LogP contribution in [0.5, 0.6) is 0 Å². The van der Waals surface area contributed by atoms with Crippen LogP contribution in [0.1, 0.15) is 18.9 Å². The molecular formula is C11H17N4O.